The first-order valence-corrected chi connectivity index (χ1v) is 12.9. The lowest BCUT2D eigenvalue weighted by molar-refractivity contribution is -0.127. The van der Waals surface area contributed by atoms with Gasteiger partial charge < -0.3 is 20.1 Å². The van der Waals surface area contributed by atoms with Gasteiger partial charge in [0.1, 0.15) is 30.3 Å². The summed E-state index contributed by atoms with van der Waals surface area (Å²) in [5.74, 6) is -0.150. The molecule has 39 heavy (non-hydrogen) atoms. The fourth-order valence-electron chi connectivity index (χ4n) is 4.29. The van der Waals surface area contributed by atoms with Crippen molar-refractivity contribution in [2.45, 2.75) is 6.61 Å². The summed E-state index contributed by atoms with van der Waals surface area (Å²) in [4.78, 5) is 39.1. The summed E-state index contributed by atoms with van der Waals surface area (Å²) in [6, 6.07) is 25.7. The second kappa shape index (κ2) is 11.4. The minimum Gasteiger partial charge on any atom is -0.495 e. The monoisotopic (exact) mass is 585 g/mol. The molecule has 0 radical (unpaired) electrons. The van der Waals surface area contributed by atoms with Gasteiger partial charge in [-0.05, 0) is 52.7 Å². The van der Waals surface area contributed by atoms with Gasteiger partial charge in [-0.15, -0.1) is 0 Å². The molecular weight excluding hydrogens is 562 g/mol. The van der Waals surface area contributed by atoms with E-state index in [1.54, 1.807) is 42.5 Å². The first-order chi connectivity index (χ1) is 18.9. The lowest BCUT2D eigenvalue weighted by Gasteiger charge is -2.13. The number of carbonyl (C=O) groups is 3. The Labute approximate surface area is 233 Å². The standard InChI is InChI=1S/C30H24BrN3O5/c1-38-27-12-5-4-11-24(27)32-28(35)17-34-29(36)25(33-30(34)37)16-21-15-22(31)13-14-26(21)39-18-20-9-6-8-19-7-2-3-10-23(19)20/h2-16H,17-18H2,1H3,(H,32,35)(H,33,37)/b25-16+. The fourth-order valence-corrected chi connectivity index (χ4v) is 4.67. The van der Waals surface area contributed by atoms with Crippen LogP contribution in [0.4, 0.5) is 10.5 Å². The van der Waals surface area contributed by atoms with Crippen LogP contribution >= 0.6 is 15.9 Å². The third-order valence-electron chi connectivity index (χ3n) is 6.18. The minimum atomic E-state index is -0.686. The zero-order valence-electron chi connectivity index (χ0n) is 20.9. The van der Waals surface area contributed by atoms with Crippen LogP contribution in [0.25, 0.3) is 16.8 Å². The van der Waals surface area contributed by atoms with Crippen LogP contribution in [0.5, 0.6) is 11.5 Å². The molecule has 4 aromatic carbocycles. The lowest BCUT2D eigenvalue weighted by Crippen LogP contribution is -2.38. The van der Waals surface area contributed by atoms with Crippen molar-refractivity contribution < 1.29 is 23.9 Å². The molecule has 1 fully saturated rings. The Morgan fingerprint density at radius 3 is 2.59 bits per heavy atom. The maximum absolute atomic E-state index is 13.1. The molecule has 0 saturated carbocycles. The number of carbonyl (C=O) groups excluding carboxylic acids is 3. The maximum atomic E-state index is 13.1. The number of hydrogen-bond donors (Lipinski definition) is 2. The van der Waals surface area contributed by atoms with E-state index in [0.717, 1.165) is 25.7 Å². The van der Waals surface area contributed by atoms with E-state index in [9.17, 15) is 14.4 Å². The van der Waals surface area contributed by atoms with Crippen LogP contribution in [0.1, 0.15) is 11.1 Å². The summed E-state index contributed by atoms with van der Waals surface area (Å²) in [7, 11) is 1.49. The molecule has 4 amide bonds. The van der Waals surface area contributed by atoms with Gasteiger partial charge in [-0.2, -0.15) is 0 Å². The van der Waals surface area contributed by atoms with Crippen molar-refractivity contribution in [3.63, 3.8) is 0 Å². The maximum Gasteiger partial charge on any atom is 0.329 e. The topological polar surface area (TPSA) is 97.0 Å². The first kappa shape index (κ1) is 26.0. The van der Waals surface area contributed by atoms with Gasteiger partial charge in [-0.3, -0.25) is 9.59 Å². The third-order valence-corrected chi connectivity index (χ3v) is 6.67. The van der Waals surface area contributed by atoms with Crippen molar-refractivity contribution in [1.29, 1.82) is 0 Å². The van der Waals surface area contributed by atoms with Gasteiger partial charge in [-0.25, -0.2) is 9.69 Å². The highest BCUT2D eigenvalue weighted by atomic mass is 79.9. The van der Waals surface area contributed by atoms with Gasteiger partial charge in [-0.1, -0.05) is 70.5 Å². The number of hydrogen-bond acceptors (Lipinski definition) is 5. The van der Waals surface area contributed by atoms with Crippen molar-refractivity contribution >= 4 is 56.3 Å². The highest BCUT2D eigenvalue weighted by molar-refractivity contribution is 9.10. The molecule has 1 saturated heterocycles. The molecule has 0 aromatic heterocycles. The molecule has 0 unspecified atom stereocenters. The molecule has 0 bridgehead atoms. The van der Waals surface area contributed by atoms with Crippen LogP contribution in [0.2, 0.25) is 0 Å². The van der Waals surface area contributed by atoms with Gasteiger partial charge in [0, 0.05) is 10.0 Å². The molecule has 0 spiro atoms. The van der Waals surface area contributed by atoms with Crippen LogP contribution in [-0.2, 0) is 16.2 Å². The average Bonchev–Trinajstić information content (AvgIpc) is 3.20. The van der Waals surface area contributed by atoms with E-state index in [-0.39, 0.29) is 5.70 Å². The molecule has 9 heteroatoms. The molecule has 196 valence electrons. The van der Waals surface area contributed by atoms with E-state index in [2.05, 4.69) is 26.6 Å². The number of imide groups is 1. The number of nitrogens with zero attached hydrogens (tertiary/aromatic N) is 1. The Kier molecular flexibility index (Phi) is 7.60. The van der Waals surface area contributed by atoms with Gasteiger partial charge in [0.25, 0.3) is 5.91 Å². The predicted molar refractivity (Wildman–Crippen MR) is 152 cm³/mol. The highest BCUT2D eigenvalue weighted by Gasteiger charge is 2.35. The molecular formula is C30H24BrN3O5. The van der Waals surface area contributed by atoms with Crippen LogP contribution in [0.15, 0.2) is 95.1 Å². The van der Waals surface area contributed by atoms with Crippen molar-refractivity contribution in [2.75, 3.05) is 19.0 Å². The Balaban J connectivity index is 1.32. The summed E-state index contributed by atoms with van der Waals surface area (Å²) in [6.45, 7) is -0.141. The van der Waals surface area contributed by atoms with Crippen LogP contribution in [0.3, 0.4) is 0 Å². The van der Waals surface area contributed by atoms with Crippen molar-refractivity contribution in [2.24, 2.45) is 0 Å². The van der Waals surface area contributed by atoms with Gasteiger partial charge in [0.15, 0.2) is 0 Å². The zero-order chi connectivity index (χ0) is 27.4. The lowest BCUT2D eigenvalue weighted by atomic mass is 10.1. The van der Waals surface area contributed by atoms with Crippen LogP contribution in [0, 0.1) is 0 Å². The van der Waals surface area contributed by atoms with Gasteiger partial charge in [0.05, 0.1) is 12.8 Å². The third kappa shape index (κ3) is 5.78. The Morgan fingerprint density at radius 1 is 0.974 bits per heavy atom. The van der Waals surface area contributed by atoms with E-state index >= 15 is 0 Å². The number of anilines is 1. The molecule has 0 atom stereocenters. The number of benzene rings is 4. The zero-order valence-corrected chi connectivity index (χ0v) is 22.5. The summed E-state index contributed by atoms with van der Waals surface area (Å²) in [5, 5.41) is 7.44. The van der Waals surface area contributed by atoms with Crippen LogP contribution in [-0.4, -0.2) is 36.4 Å². The molecule has 1 aliphatic heterocycles. The summed E-state index contributed by atoms with van der Waals surface area (Å²) in [5.41, 5.74) is 2.09. The van der Waals surface area contributed by atoms with Crippen molar-refractivity contribution in [3.05, 3.63) is 106 Å². The quantitative estimate of drug-likeness (QED) is 0.203. The second-order valence-corrected chi connectivity index (χ2v) is 9.65. The van der Waals surface area contributed by atoms with E-state index in [1.807, 2.05) is 48.5 Å². The second-order valence-electron chi connectivity index (χ2n) is 8.74. The number of urea groups is 1. The molecule has 0 aliphatic carbocycles. The molecule has 5 rings (SSSR count). The minimum absolute atomic E-state index is 0.0400. The highest BCUT2D eigenvalue weighted by Crippen LogP contribution is 2.29. The number of nitrogens with one attached hydrogen (secondary N) is 2. The van der Waals surface area contributed by atoms with Crippen molar-refractivity contribution in [3.8, 4) is 11.5 Å². The summed E-state index contributed by atoms with van der Waals surface area (Å²) in [6.07, 6.45) is 1.54. The van der Waals surface area contributed by atoms with E-state index in [4.69, 9.17) is 9.47 Å². The summed E-state index contributed by atoms with van der Waals surface area (Å²) < 4.78 is 12.2. The van der Waals surface area contributed by atoms with E-state index < -0.39 is 24.4 Å². The number of ether oxygens (including phenoxy) is 2. The normalized spacial score (nSPS) is 14.0. The molecule has 1 heterocycles. The number of rotatable bonds is 8. The largest absolute Gasteiger partial charge is 0.495 e. The summed E-state index contributed by atoms with van der Waals surface area (Å²) >= 11 is 3.46. The average molecular weight is 586 g/mol. The Bertz CT molecular complexity index is 1610. The van der Waals surface area contributed by atoms with E-state index in [0.29, 0.717) is 29.4 Å². The predicted octanol–water partition coefficient (Wildman–Crippen LogP) is 5.72. The van der Waals surface area contributed by atoms with E-state index in [1.165, 1.54) is 7.11 Å². The number of halogens is 1. The van der Waals surface area contributed by atoms with Crippen molar-refractivity contribution in [1.82, 2.24) is 10.2 Å². The Morgan fingerprint density at radius 2 is 1.74 bits per heavy atom. The van der Waals surface area contributed by atoms with Gasteiger partial charge >= 0.3 is 6.03 Å². The van der Waals surface area contributed by atoms with Crippen LogP contribution < -0.4 is 20.1 Å². The number of para-hydroxylation sites is 2. The first-order valence-electron chi connectivity index (χ1n) is 12.1. The smallest absolute Gasteiger partial charge is 0.329 e. The molecule has 2 N–H and O–H groups in total. The fraction of sp³-hybridized carbons (Fsp3) is 0.100. The SMILES string of the molecule is COc1ccccc1NC(=O)CN1C(=O)N/C(=C/c2cc(Br)ccc2OCc2cccc3ccccc23)C1=O. The molecule has 8 nitrogen and oxygen atoms in total. The molecule has 4 aromatic rings. The van der Waals surface area contributed by atoms with Gasteiger partial charge in [0.2, 0.25) is 5.91 Å². The Hall–Kier alpha value is -4.63. The number of methoxy groups -OCH3 is 1. The molecule has 1 aliphatic rings. The number of amides is 4. The number of fused-ring (bicyclic) bond motifs is 1.